The van der Waals surface area contributed by atoms with Gasteiger partial charge in [-0.15, -0.1) is 24.0 Å². The fourth-order valence-corrected chi connectivity index (χ4v) is 2.72. The Kier molecular flexibility index (Phi) is 11.1. The van der Waals surface area contributed by atoms with Crippen molar-refractivity contribution in [1.82, 2.24) is 5.32 Å². The third-order valence-corrected chi connectivity index (χ3v) is 4.20. The molecule has 0 fully saturated rings. The summed E-state index contributed by atoms with van der Waals surface area (Å²) in [5.74, 6) is 1.71. The predicted molar refractivity (Wildman–Crippen MR) is 138 cm³/mol. The molecular weight excluding hydrogens is 523 g/mol. The van der Waals surface area contributed by atoms with Crippen LogP contribution in [-0.4, -0.2) is 38.4 Å². The zero-order chi connectivity index (χ0) is 22.9. The van der Waals surface area contributed by atoms with Crippen molar-refractivity contribution in [2.24, 2.45) is 10.7 Å². The number of amides is 1. The van der Waals surface area contributed by atoms with E-state index in [1.165, 1.54) is 0 Å². The number of carbonyl (C=O) groups is 1. The minimum Gasteiger partial charge on any atom is -0.493 e. The maximum atomic E-state index is 11.8. The molecule has 0 atom stereocenters. The lowest BCUT2D eigenvalue weighted by atomic mass is 10.1. The van der Waals surface area contributed by atoms with E-state index in [0.717, 1.165) is 17.5 Å². The Bertz CT molecular complexity index is 896. The normalized spacial score (nSPS) is 11.2. The van der Waals surface area contributed by atoms with Crippen LogP contribution in [0.15, 0.2) is 47.5 Å². The van der Waals surface area contributed by atoms with Crippen LogP contribution in [0.2, 0.25) is 0 Å². The number of hydrogen-bond donors (Lipinski definition) is 3. The zero-order valence-electron chi connectivity index (χ0n) is 19.2. The monoisotopic (exact) mass is 556 g/mol. The number of rotatable bonds is 8. The van der Waals surface area contributed by atoms with Crippen LogP contribution < -0.4 is 25.8 Å². The SMILES string of the molecule is COc1ccc(CN=C(N)NCCc2ccc(NC(=O)OC(C)(C)C)cc2)cc1OC.I. The van der Waals surface area contributed by atoms with Gasteiger partial charge in [0.25, 0.3) is 0 Å². The number of carbonyl (C=O) groups excluding carboxylic acids is 1. The van der Waals surface area contributed by atoms with Crippen LogP contribution in [0, 0.1) is 0 Å². The highest BCUT2D eigenvalue weighted by atomic mass is 127. The Labute approximate surface area is 206 Å². The number of aliphatic imine (C=N–C) groups is 1. The molecular formula is C23H33IN4O4. The second kappa shape index (κ2) is 13.0. The summed E-state index contributed by atoms with van der Waals surface area (Å²) >= 11 is 0. The Balaban J connectivity index is 0.00000512. The first-order valence-corrected chi connectivity index (χ1v) is 10.0. The molecule has 2 aromatic rings. The molecule has 0 saturated heterocycles. The van der Waals surface area contributed by atoms with Crippen LogP contribution in [0.1, 0.15) is 31.9 Å². The maximum absolute atomic E-state index is 11.8. The number of hydrogen-bond acceptors (Lipinski definition) is 5. The molecule has 9 heteroatoms. The van der Waals surface area contributed by atoms with Crippen molar-refractivity contribution in [3.63, 3.8) is 0 Å². The maximum Gasteiger partial charge on any atom is 0.412 e. The molecule has 32 heavy (non-hydrogen) atoms. The molecule has 0 heterocycles. The third-order valence-electron chi connectivity index (χ3n) is 4.20. The molecule has 4 N–H and O–H groups in total. The molecule has 2 rings (SSSR count). The Morgan fingerprint density at radius 2 is 1.62 bits per heavy atom. The molecule has 1 amide bonds. The molecule has 0 aliphatic carbocycles. The van der Waals surface area contributed by atoms with Crippen molar-refractivity contribution in [2.75, 3.05) is 26.1 Å². The average molecular weight is 556 g/mol. The van der Waals surface area contributed by atoms with Gasteiger partial charge in [0.1, 0.15) is 5.60 Å². The van der Waals surface area contributed by atoms with E-state index in [1.54, 1.807) is 14.2 Å². The van der Waals surface area contributed by atoms with Gasteiger partial charge in [-0.3, -0.25) is 5.32 Å². The third kappa shape index (κ3) is 9.63. The van der Waals surface area contributed by atoms with E-state index in [1.807, 2.05) is 63.2 Å². The van der Waals surface area contributed by atoms with Gasteiger partial charge in [0.2, 0.25) is 0 Å². The van der Waals surface area contributed by atoms with Gasteiger partial charge in [0.15, 0.2) is 17.5 Å². The highest BCUT2D eigenvalue weighted by molar-refractivity contribution is 14.0. The highest BCUT2D eigenvalue weighted by Gasteiger charge is 2.16. The number of guanidine groups is 1. The minimum absolute atomic E-state index is 0. The lowest BCUT2D eigenvalue weighted by Crippen LogP contribution is -2.33. The van der Waals surface area contributed by atoms with Crippen molar-refractivity contribution in [1.29, 1.82) is 0 Å². The summed E-state index contributed by atoms with van der Waals surface area (Å²) in [5, 5.41) is 5.82. The Morgan fingerprint density at radius 1 is 1.00 bits per heavy atom. The molecule has 0 aliphatic rings. The first kappa shape index (κ1) is 27.3. The van der Waals surface area contributed by atoms with Gasteiger partial charge in [-0.1, -0.05) is 18.2 Å². The van der Waals surface area contributed by atoms with E-state index in [2.05, 4.69) is 15.6 Å². The van der Waals surface area contributed by atoms with E-state index >= 15 is 0 Å². The van der Waals surface area contributed by atoms with Crippen LogP contribution in [0.5, 0.6) is 11.5 Å². The summed E-state index contributed by atoms with van der Waals surface area (Å²) in [6.45, 7) is 6.55. The summed E-state index contributed by atoms with van der Waals surface area (Å²) in [5.41, 5.74) is 8.19. The molecule has 8 nitrogen and oxygen atoms in total. The summed E-state index contributed by atoms with van der Waals surface area (Å²) in [4.78, 5) is 16.2. The van der Waals surface area contributed by atoms with Crippen LogP contribution in [0.4, 0.5) is 10.5 Å². The molecule has 0 saturated carbocycles. The average Bonchev–Trinajstić information content (AvgIpc) is 2.71. The van der Waals surface area contributed by atoms with Gasteiger partial charge in [-0.25, -0.2) is 9.79 Å². The number of ether oxygens (including phenoxy) is 3. The quantitative estimate of drug-likeness (QED) is 0.254. The van der Waals surface area contributed by atoms with Gasteiger partial charge < -0.3 is 25.3 Å². The van der Waals surface area contributed by atoms with Crippen LogP contribution in [0.25, 0.3) is 0 Å². The lowest BCUT2D eigenvalue weighted by Gasteiger charge is -2.19. The summed E-state index contributed by atoms with van der Waals surface area (Å²) in [6, 6.07) is 13.2. The molecule has 0 radical (unpaired) electrons. The molecule has 0 spiro atoms. The van der Waals surface area contributed by atoms with E-state index in [9.17, 15) is 4.79 Å². The molecule has 0 aromatic heterocycles. The van der Waals surface area contributed by atoms with E-state index in [4.69, 9.17) is 19.9 Å². The molecule has 0 aliphatic heterocycles. The second-order valence-corrected chi connectivity index (χ2v) is 7.89. The summed E-state index contributed by atoms with van der Waals surface area (Å²) in [6.07, 6.45) is 0.291. The van der Waals surface area contributed by atoms with E-state index < -0.39 is 11.7 Å². The number of nitrogens with one attached hydrogen (secondary N) is 2. The number of anilines is 1. The van der Waals surface area contributed by atoms with Gasteiger partial charge in [0.05, 0.1) is 20.8 Å². The smallest absolute Gasteiger partial charge is 0.412 e. The van der Waals surface area contributed by atoms with Crippen molar-refractivity contribution < 1.29 is 19.0 Å². The zero-order valence-corrected chi connectivity index (χ0v) is 21.6. The Morgan fingerprint density at radius 3 is 2.22 bits per heavy atom. The van der Waals surface area contributed by atoms with Crippen LogP contribution in [0.3, 0.4) is 0 Å². The molecule has 2 aromatic carbocycles. The Hall–Kier alpha value is -2.69. The van der Waals surface area contributed by atoms with Gasteiger partial charge in [0, 0.05) is 12.2 Å². The summed E-state index contributed by atoms with van der Waals surface area (Å²) < 4.78 is 15.8. The van der Waals surface area contributed by atoms with Crippen molar-refractivity contribution >= 4 is 41.7 Å². The van der Waals surface area contributed by atoms with E-state index in [0.29, 0.717) is 36.2 Å². The number of nitrogens with two attached hydrogens (primary N) is 1. The fraction of sp³-hybridized carbons (Fsp3) is 0.391. The van der Waals surface area contributed by atoms with Gasteiger partial charge >= 0.3 is 6.09 Å². The largest absolute Gasteiger partial charge is 0.493 e. The van der Waals surface area contributed by atoms with E-state index in [-0.39, 0.29) is 24.0 Å². The minimum atomic E-state index is -0.531. The van der Waals surface area contributed by atoms with Gasteiger partial charge in [-0.2, -0.15) is 0 Å². The van der Waals surface area contributed by atoms with Crippen LogP contribution >= 0.6 is 24.0 Å². The lowest BCUT2D eigenvalue weighted by molar-refractivity contribution is 0.0636. The van der Waals surface area contributed by atoms with Crippen molar-refractivity contribution in [3.05, 3.63) is 53.6 Å². The van der Waals surface area contributed by atoms with Crippen molar-refractivity contribution in [2.45, 2.75) is 39.3 Å². The van der Waals surface area contributed by atoms with Gasteiger partial charge in [-0.05, 0) is 62.6 Å². The number of benzene rings is 2. The number of nitrogens with zero attached hydrogens (tertiary/aromatic N) is 1. The van der Waals surface area contributed by atoms with Crippen LogP contribution in [-0.2, 0) is 17.7 Å². The molecule has 176 valence electrons. The number of halogens is 1. The van der Waals surface area contributed by atoms with Crippen molar-refractivity contribution in [3.8, 4) is 11.5 Å². The first-order valence-electron chi connectivity index (χ1n) is 10.0. The number of methoxy groups -OCH3 is 2. The fourth-order valence-electron chi connectivity index (χ4n) is 2.72. The standard InChI is InChI=1S/C23H32N4O4.HI/c1-23(2,3)31-22(28)27-18-9-6-16(7-10-18)12-13-25-21(24)26-15-17-8-11-19(29-4)20(14-17)30-5;/h6-11,14H,12-13,15H2,1-5H3,(H,27,28)(H3,24,25,26);1H. The topological polar surface area (TPSA) is 107 Å². The first-order chi connectivity index (χ1) is 14.7. The second-order valence-electron chi connectivity index (χ2n) is 7.89. The highest BCUT2D eigenvalue weighted by Crippen LogP contribution is 2.27. The molecule has 0 unspecified atom stereocenters. The summed E-state index contributed by atoms with van der Waals surface area (Å²) in [7, 11) is 3.20. The predicted octanol–water partition coefficient (Wildman–Crippen LogP) is 4.32. The molecule has 0 bridgehead atoms.